The summed E-state index contributed by atoms with van der Waals surface area (Å²) < 4.78 is 10.6. The van der Waals surface area contributed by atoms with Gasteiger partial charge in [0.15, 0.2) is 11.5 Å². The first-order valence-electron chi connectivity index (χ1n) is 6.86. The topological polar surface area (TPSA) is 60.5 Å². The molecular formula is C17H12N2O3. The highest BCUT2D eigenvalue weighted by molar-refractivity contribution is 6.11. The number of amides is 1. The molecule has 5 heteroatoms. The predicted octanol–water partition coefficient (Wildman–Crippen LogP) is 3.22. The number of fused-ring (bicyclic) bond motifs is 2. The number of rotatable bonds is 2. The molecule has 1 aromatic heterocycles. The molecule has 22 heavy (non-hydrogen) atoms. The summed E-state index contributed by atoms with van der Waals surface area (Å²) in [6.07, 6.45) is 1.64. The van der Waals surface area contributed by atoms with Crippen LogP contribution in [-0.2, 0) is 0 Å². The van der Waals surface area contributed by atoms with E-state index in [2.05, 4.69) is 10.3 Å². The first kappa shape index (κ1) is 12.6. The SMILES string of the molecule is O=C(Nc1ccc2c(c1)OCO2)c1nccc2ccccc12. The lowest BCUT2D eigenvalue weighted by molar-refractivity contribution is 0.102. The summed E-state index contributed by atoms with van der Waals surface area (Å²) in [4.78, 5) is 16.7. The van der Waals surface area contributed by atoms with Gasteiger partial charge in [-0.05, 0) is 23.6 Å². The van der Waals surface area contributed by atoms with Gasteiger partial charge in [0, 0.05) is 23.3 Å². The van der Waals surface area contributed by atoms with Crippen molar-refractivity contribution in [2.24, 2.45) is 0 Å². The Morgan fingerprint density at radius 1 is 1.05 bits per heavy atom. The quantitative estimate of drug-likeness (QED) is 0.788. The Balaban J connectivity index is 1.66. The second-order valence-electron chi connectivity index (χ2n) is 4.90. The maximum Gasteiger partial charge on any atom is 0.274 e. The summed E-state index contributed by atoms with van der Waals surface area (Å²) in [6, 6.07) is 14.8. The van der Waals surface area contributed by atoms with E-state index in [0.29, 0.717) is 22.9 Å². The zero-order chi connectivity index (χ0) is 14.9. The van der Waals surface area contributed by atoms with E-state index >= 15 is 0 Å². The third-order valence-electron chi connectivity index (χ3n) is 3.52. The van der Waals surface area contributed by atoms with Crippen molar-refractivity contribution < 1.29 is 14.3 Å². The van der Waals surface area contributed by atoms with Gasteiger partial charge in [-0.1, -0.05) is 24.3 Å². The average molecular weight is 292 g/mol. The number of anilines is 1. The lowest BCUT2D eigenvalue weighted by Gasteiger charge is -2.08. The van der Waals surface area contributed by atoms with Gasteiger partial charge in [0.25, 0.3) is 5.91 Å². The molecule has 2 aromatic carbocycles. The van der Waals surface area contributed by atoms with Crippen LogP contribution in [0, 0.1) is 0 Å². The molecule has 0 atom stereocenters. The average Bonchev–Trinajstić information content (AvgIpc) is 3.02. The molecule has 108 valence electrons. The smallest absolute Gasteiger partial charge is 0.274 e. The first-order valence-corrected chi connectivity index (χ1v) is 6.86. The van der Waals surface area contributed by atoms with Crippen molar-refractivity contribution in [1.29, 1.82) is 0 Å². The Bertz CT molecular complexity index is 871. The fourth-order valence-electron chi connectivity index (χ4n) is 2.47. The zero-order valence-corrected chi connectivity index (χ0v) is 11.6. The van der Waals surface area contributed by atoms with Crippen molar-refractivity contribution in [2.45, 2.75) is 0 Å². The Kier molecular flexibility index (Phi) is 2.89. The first-order chi connectivity index (χ1) is 10.8. The monoisotopic (exact) mass is 292 g/mol. The van der Waals surface area contributed by atoms with Gasteiger partial charge in [-0.15, -0.1) is 0 Å². The highest BCUT2D eigenvalue weighted by Crippen LogP contribution is 2.34. The van der Waals surface area contributed by atoms with Crippen LogP contribution in [0.1, 0.15) is 10.5 Å². The van der Waals surface area contributed by atoms with E-state index in [-0.39, 0.29) is 12.7 Å². The number of hydrogen-bond donors (Lipinski definition) is 1. The molecule has 0 spiro atoms. The lowest BCUT2D eigenvalue weighted by atomic mass is 10.1. The molecule has 0 saturated heterocycles. The zero-order valence-electron chi connectivity index (χ0n) is 11.6. The summed E-state index contributed by atoms with van der Waals surface area (Å²) in [5.74, 6) is 1.06. The van der Waals surface area contributed by atoms with E-state index in [9.17, 15) is 4.79 Å². The summed E-state index contributed by atoms with van der Waals surface area (Å²) in [7, 11) is 0. The highest BCUT2D eigenvalue weighted by Gasteiger charge is 2.16. The van der Waals surface area contributed by atoms with Crippen molar-refractivity contribution in [3.63, 3.8) is 0 Å². The number of aromatic nitrogens is 1. The van der Waals surface area contributed by atoms with Gasteiger partial charge in [0.2, 0.25) is 6.79 Å². The number of ether oxygens (including phenoxy) is 2. The van der Waals surface area contributed by atoms with Crippen LogP contribution >= 0.6 is 0 Å². The fourth-order valence-corrected chi connectivity index (χ4v) is 2.47. The van der Waals surface area contributed by atoms with Crippen LogP contribution in [0.5, 0.6) is 11.5 Å². The van der Waals surface area contributed by atoms with Gasteiger partial charge in [-0.2, -0.15) is 0 Å². The fraction of sp³-hybridized carbons (Fsp3) is 0.0588. The van der Waals surface area contributed by atoms with E-state index in [4.69, 9.17) is 9.47 Å². The van der Waals surface area contributed by atoms with Crippen molar-refractivity contribution in [3.05, 3.63) is 60.4 Å². The predicted molar refractivity (Wildman–Crippen MR) is 82.3 cm³/mol. The van der Waals surface area contributed by atoms with Crippen LogP contribution in [0.4, 0.5) is 5.69 Å². The van der Waals surface area contributed by atoms with Gasteiger partial charge in [0.1, 0.15) is 5.69 Å². The van der Waals surface area contributed by atoms with E-state index in [1.807, 2.05) is 30.3 Å². The molecule has 4 rings (SSSR count). The molecule has 3 aromatic rings. The van der Waals surface area contributed by atoms with Gasteiger partial charge in [0.05, 0.1) is 0 Å². The lowest BCUT2D eigenvalue weighted by Crippen LogP contribution is -2.14. The van der Waals surface area contributed by atoms with Crippen molar-refractivity contribution in [2.75, 3.05) is 12.1 Å². The number of benzene rings is 2. The number of nitrogens with zero attached hydrogens (tertiary/aromatic N) is 1. The van der Waals surface area contributed by atoms with E-state index in [1.54, 1.807) is 24.4 Å². The Morgan fingerprint density at radius 2 is 1.91 bits per heavy atom. The second-order valence-corrected chi connectivity index (χ2v) is 4.90. The third-order valence-corrected chi connectivity index (χ3v) is 3.52. The van der Waals surface area contributed by atoms with Gasteiger partial charge >= 0.3 is 0 Å². The molecule has 1 aliphatic rings. The van der Waals surface area contributed by atoms with Crippen molar-refractivity contribution in [3.8, 4) is 11.5 Å². The summed E-state index contributed by atoms with van der Waals surface area (Å²) in [5, 5.41) is 4.65. The molecule has 1 aliphatic heterocycles. The van der Waals surface area contributed by atoms with E-state index < -0.39 is 0 Å². The Labute approximate surface area is 126 Å². The second kappa shape index (κ2) is 5.04. The van der Waals surface area contributed by atoms with Crippen molar-refractivity contribution >= 4 is 22.4 Å². The molecule has 0 radical (unpaired) electrons. The Morgan fingerprint density at radius 3 is 2.86 bits per heavy atom. The van der Waals surface area contributed by atoms with Crippen LogP contribution in [0.2, 0.25) is 0 Å². The van der Waals surface area contributed by atoms with Crippen LogP contribution in [0.25, 0.3) is 10.8 Å². The molecule has 0 aliphatic carbocycles. The van der Waals surface area contributed by atoms with Crippen LogP contribution in [-0.4, -0.2) is 17.7 Å². The largest absolute Gasteiger partial charge is 0.454 e. The van der Waals surface area contributed by atoms with Gasteiger partial charge < -0.3 is 14.8 Å². The van der Waals surface area contributed by atoms with Crippen LogP contribution in [0.15, 0.2) is 54.7 Å². The molecule has 1 N–H and O–H groups in total. The molecule has 0 fully saturated rings. The highest BCUT2D eigenvalue weighted by atomic mass is 16.7. The standard InChI is InChI=1S/C17H12N2O3/c20-17(16-13-4-2-1-3-11(13)7-8-18-16)19-12-5-6-14-15(9-12)22-10-21-14/h1-9H,10H2,(H,19,20). The Hall–Kier alpha value is -3.08. The number of carbonyl (C=O) groups excluding carboxylic acids is 1. The normalized spacial score (nSPS) is 12.4. The third kappa shape index (κ3) is 2.13. The minimum absolute atomic E-state index is 0.206. The molecule has 5 nitrogen and oxygen atoms in total. The minimum Gasteiger partial charge on any atom is -0.454 e. The van der Waals surface area contributed by atoms with E-state index in [0.717, 1.165) is 10.8 Å². The van der Waals surface area contributed by atoms with E-state index in [1.165, 1.54) is 0 Å². The minimum atomic E-state index is -0.254. The molecular weight excluding hydrogens is 280 g/mol. The van der Waals surface area contributed by atoms with Crippen molar-refractivity contribution in [1.82, 2.24) is 4.98 Å². The molecule has 0 saturated carbocycles. The van der Waals surface area contributed by atoms with Gasteiger partial charge in [-0.25, -0.2) is 0 Å². The number of nitrogens with one attached hydrogen (secondary N) is 1. The number of pyridine rings is 1. The molecule has 1 amide bonds. The molecule has 2 heterocycles. The molecule has 0 unspecified atom stereocenters. The van der Waals surface area contributed by atoms with Crippen LogP contribution in [0.3, 0.4) is 0 Å². The summed E-state index contributed by atoms with van der Waals surface area (Å²) in [5.41, 5.74) is 1.04. The summed E-state index contributed by atoms with van der Waals surface area (Å²) >= 11 is 0. The van der Waals surface area contributed by atoms with Gasteiger partial charge in [-0.3, -0.25) is 9.78 Å². The maximum atomic E-state index is 12.5. The molecule has 0 bridgehead atoms. The number of carbonyl (C=O) groups is 1. The summed E-state index contributed by atoms with van der Waals surface area (Å²) in [6.45, 7) is 0.206. The maximum absolute atomic E-state index is 12.5. The van der Waals surface area contributed by atoms with Crippen LogP contribution < -0.4 is 14.8 Å². The number of hydrogen-bond acceptors (Lipinski definition) is 4.